The predicted octanol–water partition coefficient (Wildman–Crippen LogP) is 4.81. The van der Waals surface area contributed by atoms with Crippen molar-refractivity contribution in [2.45, 2.75) is 135 Å². The van der Waals surface area contributed by atoms with Gasteiger partial charge in [-0.3, -0.25) is 4.18 Å². The first kappa shape index (κ1) is 30.6. The molecule has 0 aromatic carbocycles. The molecule has 0 radical (unpaired) electrons. The number of hydrogen-bond acceptors (Lipinski definition) is 3. The SMILES string of the molecule is CCCCCCCCCCCCCCOS(=O)(=O)C(F)CCCCCCC.[H-].[Li+]. The van der Waals surface area contributed by atoms with Gasteiger partial charge in [0.05, 0.1) is 6.61 Å². The molecular formula is C22H46FLiO3S. The molecular weight excluding hydrogens is 370 g/mol. The van der Waals surface area contributed by atoms with Gasteiger partial charge < -0.3 is 1.43 Å². The molecule has 3 nitrogen and oxygen atoms in total. The molecule has 0 aromatic rings. The van der Waals surface area contributed by atoms with E-state index in [1.807, 2.05) is 0 Å². The van der Waals surface area contributed by atoms with Crippen LogP contribution in [-0.4, -0.2) is 20.5 Å². The van der Waals surface area contributed by atoms with Crippen molar-refractivity contribution in [1.29, 1.82) is 0 Å². The Morgan fingerprint density at radius 1 is 0.679 bits per heavy atom. The minimum absolute atomic E-state index is 0. The maximum Gasteiger partial charge on any atom is 1.00 e. The van der Waals surface area contributed by atoms with Crippen LogP contribution in [0.25, 0.3) is 0 Å². The van der Waals surface area contributed by atoms with E-state index in [9.17, 15) is 12.8 Å². The summed E-state index contributed by atoms with van der Waals surface area (Å²) in [6, 6.07) is 0. The van der Waals surface area contributed by atoms with E-state index < -0.39 is 15.6 Å². The van der Waals surface area contributed by atoms with Crippen molar-refractivity contribution >= 4 is 10.1 Å². The van der Waals surface area contributed by atoms with Gasteiger partial charge in [0, 0.05) is 0 Å². The molecule has 0 fully saturated rings. The maximum atomic E-state index is 13.8. The molecule has 0 aliphatic rings. The molecule has 0 saturated heterocycles. The van der Waals surface area contributed by atoms with Crippen LogP contribution in [0.1, 0.15) is 131 Å². The van der Waals surface area contributed by atoms with Crippen molar-refractivity contribution in [3.8, 4) is 0 Å². The minimum Gasteiger partial charge on any atom is -1.00 e. The summed E-state index contributed by atoms with van der Waals surface area (Å²) in [5.41, 5.74) is -1.86. The molecule has 0 aliphatic heterocycles. The fraction of sp³-hybridized carbons (Fsp3) is 1.00. The van der Waals surface area contributed by atoms with Gasteiger partial charge in [-0.2, -0.15) is 8.42 Å². The van der Waals surface area contributed by atoms with Gasteiger partial charge in [0.15, 0.2) is 0 Å². The molecule has 0 aromatic heterocycles. The van der Waals surface area contributed by atoms with Gasteiger partial charge in [-0.05, 0) is 19.3 Å². The van der Waals surface area contributed by atoms with E-state index in [0.717, 1.165) is 38.5 Å². The van der Waals surface area contributed by atoms with Gasteiger partial charge in [0.2, 0.25) is 5.50 Å². The molecule has 1 atom stereocenters. The average Bonchev–Trinajstić information content (AvgIpc) is 2.65. The van der Waals surface area contributed by atoms with Gasteiger partial charge in [0.1, 0.15) is 0 Å². The minimum atomic E-state index is -4.03. The second kappa shape index (κ2) is 22.1. The largest absolute Gasteiger partial charge is 1.00 e. The molecule has 0 heterocycles. The van der Waals surface area contributed by atoms with Crippen molar-refractivity contribution in [3.05, 3.63) is 0 Å². The Hall–Kier alpha value is 0.437. The summed E-state index contributed by atoms with van der Waals surface area (Å²) >= 11 is 0. The molecule has 0 saturated carbocycles. The van der Waals surface area contributed by atoms with E-state index in [4.69, 9.17) is 4.18 Å². The molecule has 1 unspecified atom stereocenters. The van der Waals surface area contributed by atoms with Gasteiger partial charge in [-0.15, -0.1) is 0 Å². The Labute approximate surface area is 188 Å². The zero-order chi connectivity index (χ0) is 20.2. The third-order valence-corrected chi connectivity index (χ3v) is 6.45. The van der Waals surface area contributed by atoms with E-state index in [2.05, 4.69) is 13.8 Å². The van der Waals surface area contributed by atoms with E-state index in [1.54, 1.807) is 0 Å². The number of unbranched alkanes of at least 4 members (excludes halogenated alkanes) is 15. The Kier molecular flexibility index (Phi) is 24.2. The molecule has 0 amide bonds. The van der Waals surface area contributed by atoms with Crippen LogP contribution in [0.4, 0.5) is 4.39 Å². The molecule has 0 spiro atoms. The molecule has 0 bridgehead atoms. The van der Waals surface area contributed by atoms with Crippen LogP contribution in [0.3, 0.4) is 0 Å². The Bertz CT molecular complexity index is 411. The van der Waals surface area contributed by atoms with Crippen LogP contribution >= 0.6 is 0 Å². The van der Waals surface area contributed by atoms with Crippen molar-refractivity contribution < 1.29 is 37.3 Å². The second-order valence-electron chi connectivity index (χ2n) is 7.82. The molecule has 6 heteroatoms. The van der Waals surface area contributed by atoms with Crippen LogP contribution in [0.5, 0.6) is 0 Å². The zero-order valence-electron chi connectivity index (χ0n) is 20.0. The first-order valence-corrected chi connectivity index (χ1v) is 13.0. The van der Waals surface area contributed by atoms with Crippen molar-refractivity contribution in [2.24, 2.45) is 0 Å². The fourth-order valence-corrected chi connectivity index (χ4v) is 4.20. The topological polar surface area (TPSA) is 43.4 Å². The number of hydrogen-bond donors (Lipinski definition) is 0. The van der Waals surface area contributed by atoms with Crippen LogP contribution in [0, 0.1) is 0 Å². The van der Waals surface area contributed by atoms with E-state index in [1.165, 1.54) is 57.8 Å². The number of rotatable bonds is 21. The molecule has 166 valence electrons. The van der Waals surface area contributed by atoms with Crippen molar-refractivity contribution in [3.63, 3.8) is 0 Å². The van der Waals surface area contributed by atoms with Crippen LogP contribution in [-0.2, 0) is 14.3 Å². The third-order valence-electron chi connectivity index (χ3n) is 5.09. The maximum absolute atomic E-state index is 13.8. The van der Waals surface area contributed by atoms with Crippen molar-refractivity contribution in [1.82, 2.24) is 0 Å². The number of halogens is 1. The first-order chi connectivity index (χ1) is 13.0. The Balaban J connectivity index is -0.00000338. The smallest absolute Gasteiger partial charge is 1.00 e. The normalized spacial score (nSPS) is 12.7. The summed E-state index contributed by atoms with van der Waals surface area (Å²) in [6.45, 7) is 4.48. The van der Waals surface area contributed by atoms with Crippen LogP contribution in [0.15, 0.2) is 0 Å². The summed E-state index contributed by atoms with van der Waals surface area (Å²) in [5.74, 6) is 0. The summed E-state index contributed by atoms with van der Waals surface area (Å²) in [6.07, 6.45) is 19.5. The Morgan fingerprint density at radius 2 is 1.04 bits per heavy atom. The third kappa shape index (κ3) is 19.7. The van der Waals surface area contributed by atoms with Crippen LogP contribution < -0.4 is 18.9 Å². The molecule has 0 aliphatic carbocycles. The van der Waals surface area contributed by atoms with Crippen molar-refractivity contribution in [2.75, 3.05) is 6.61 Å². The quantitative estimate of drug-likeness (QED) is 0.153. The van der Waals surface area contributed by atoms with E-state index in [0.29, 0.717) is 12.8 Å². The molecule has 0 N–H and O–H groups in total. The van der Waals surface area contributed by atoms with Gasteiger partial charge >= 0.3 is 18.9 Å². The van der Waals surface area contributed by atoms with Crippen LogP contribution in [0.2, 0.25) is 0 Å². The zero-order valence-corrected chi connectivity index (χ0v) is 19.8. The van der Waals surface area contributed by atoms with E-state index >= 15 is 0 Å². The molecule has 0 rings (SSSR count). The molecule has 28 heavy (non-hydrogen) atoms. The second-order valence-corrected chi connectivity index (χ2v) is 9.55. The summed E-state index contributed by atoms with van der Waals surface area (Å²) in [4.78, 5) is 0. The Morgan fingerprint density at radius 3 is 1.46 bits per heavy atom. The van der Waals surface area contributed by atoms with Gasteiger partial charge in [-0.1, -0.05) is 110 Å². The summed E-state index contributed by atoms with van der Waals surface area (Å²) in [7, 11) is -4.03. The fourth-order valence-electron chi connectivity index (χ4n) is 3.24. The average molecular weight is 417 g/mol. The van der Waals surface area contributed by atoms with Gasteiger partial charge in [-0.25, -0.2) is 4.39 Å². The van der Waals surface area contributed by atoms with Gasteiger partial charge in [0.25, 0.3) is 10.1 Å². The summed E-state index contributed by atoms with van der Waals surface area (Å²) < 4.78 is 42.2. The summed E-state index contributed by atoms with van der Waals surface area (Å²) in [5, 5.41) is 0. The first-order valence-electron chi connectivity index (χ1n) is 11.6. The number of alkyl halides is 1. The van der Waals surface area contributed by atoms with E-state index in [-0.39, 0.29) is 33.3 Å². The standard InChI is InChI=1S/C22H45FO3S.Li.H/c1-3-5-7-9-10-11-12-13-14-15-17-19-21-26-27(24,25)22(23)20-18-16-8-6-4-2;;/h22H,3-21H2,1-2H3;;/q;+1;-1. The monoisotopic (exact) mass is 416 g/mol. The predicted molar refractivity (Wildman–Crippen MR) is 115 cm³/mol.